The summed E-state index contributed by atoms with van der Waals surface area (Å²) in [6, 6.07) is 0. The topological polar surface area (TPSA) is 439 Å². The van der Waals surface area contributed by atoms with E-state index in [1.54, 1.807) is 0 Å². The zero-order valence-corrected chi connectivity index (χ0v) is 17.4. The molecule has 0 radical (unpaired) electrons. The van der Waals surface area contributed by atoms with E-state index < -0.39 is 67.0 Å². The van der Waals surface area contributed by atoms with Crippen LogP contribution >= 0.6 is 0 Å². The van der Waals surface area contributed by atoms with Crippen molar-refractivity contribution in [2.24, 2.45) is 0 Å². The van der Waals surface area contributed by atoms with Crippen molar-refractivity contribution in [3.8, 4) is 0 Å². The maximum absolute atomic E-state index is 9.10. The van der Waals surface area contributed by atoms with Crippen molar-refractivity contribution in [3.05, 3.63) is 0 Å². The molecule has 23 nitrogen and oxygen atoms in total. The fourth-order valence-corrected chi connectivity index (χ4v) is 0. The summed E-state index contributed by atoms with van der Waals surface area (Å²) < 4.78 is 0. The number of hydrogen-bond donors (Lipinski definition) is 11. The van der Waals surface area contributed by atoms with Gasteiger partial charge in [-0.25, -0.2) is 38.4 Å². The molecule has 36 heavy (non-hydrogen) atoms. The fourth-order valence-electron chi connectivity index (χ4n) is 0. The van der Waals surface area contributed by atoms with Crippen molar-refractivity contribution in [1.29, 1.82) is 0 Å². The Hall–Kier alpha value is -4.16. The molecule has 0 heterocycles. The second kappa shape index (κ2) is 33.0. The quantitative estimate of drug-likeness (QED) is 0.103. The van der Waals surface area contributed by atoms with Crippen molar-refractivity contribution in [2.45, 2.75) is 0 Å². The van der Waals surface area contributed by atoms with Gasteiger partial charge in [0.25, 0.3) is 0 Å². The van der Waals surface area contributed by atoms with E-state index in [2.05, 4.69) is 0 Å². The van der Waals surface area contributed by atoms with E-state index in [-0.39, 0.29) is 37.7 Å². The molecule has 0 amide bonds. The van der Waals surface area contributed by atoms with Gasteiger partial charge in [-0.05, 0) is 0 Å². The van der Waals surface area contributed by atoms with Crippen LogP contribution in [0.4, 0.5) is 0 Å². The third-order valence-corrected chi connectivity index (χ3v) is 0.898. The van der Waals surface area contributed by atoms with Gasteiger partial charge in [0.05, 0.1) is 11.9 Å². The minimum atomic E-state index is -2.19. The standard InChI is InChI=1S/5C2H2O4.BH3O3.2Li/c5*3-1(4)2(5)6;2-1(3)4;;/h5*(H,3,4)(H,5,6);2-4H;;/q;;;;;;2*+1/p-2. The average molecular weight is 524 g/mol. The Morgan fingerprint density at radius 2 is 0.417 bits per heavy atom. The fraction of sp³-hybridized carbons (Fsp3) is 0. The van der Waals surface area contributed by atoms with Gasteiger partial charge in [-0.2, -0.15) is 0 Å². The van der Waals surface area contributed by atoms with E-state index in [4.69, 9.17) is 114 Å². The van der Waals surface area contributed by atoms with Crippen molar-refractivity contribution in [2.75, 3.05) is 0 Å². The van der Waals surface area contributed by atoms with Gasteiger partial charge in [-0.1, -0.05) is 0 Å². The molecule has 0 aromatic rings. The van der Waals surface area contributed by atoms with Crippen LogP contribution in [0.3, 0.4) is 0 Å². The van der Waals surface area contributed by atoms with Crippen LogP contribution in [-0.2, 0) is 47.9 Å². The first-order chi connectivity index (χ1) is 14.9. The molecule has 11 N–H and O–H groups in total. The molecule has 0 atom stereocenters. The van der Waals surface area contributed by atoms with Crippen LogP contribution in [0.25, 0.3) is 0 Å². The summed E-state index contributed by atoms with van der Waals surface area (Å²) in [5, 5.41) is 98.5. The van der Waals surface area contributed by atoms with Gasteiger partial charge in [-0.15, -0.1) is 0 Å². The number of carboxylic acids is 10. The van der Waals surface area contributed by atoms with Crippen LogP contribution in [0.15, 0.2) is 0 Å². The van der Waals surface area contributed by atoms with Crippen LogP contribution in [0, 0.1) is 0 Å². The predicted molar refractivity (Wildman–Crippen MR) is 83.5 cm³/mol. The van der Waals surface area contributed by atoms with E-state index in [1.165, 1.54) is 0 Å². The largest absolute Gasteiger partial charge is 1.00 e. The number of carboxylic acid groups (broad SMARTS) is 10. The summed E-state index contributed by atoms with van der Waals surface area (Å²) in [4.78, 5) is 90.6. The monoisotopic (exact) mass is 524 g/mol. The molecule has 0 spiro atoms. The van der Waals surface area contributed by atoms with Crippen LogP contribution < -0.4 is 47.9 Å². The Bertz CT molecular complexity index is 556. The normalized spacial score (nSPS) is 6.86. The van der Waals surface area contributed by atoms with Crippen LogP contribution in [0.5, 0.6) is 0 Å². The first kappa shape index (κ1) is 53.3. The zero-order valence-electron chi connectivity index (χ0n) is 17.4. The number of aliphatic carboxylic acids is 10. The molecule has 0 bridgehead atoms. The van der Waals surface area contributed by atoms with Crippen molar-refractivity contribution in [1.82, 2.24) is 0 Å². The summed E-state index contributed by atoms with van der Waals surface area (Å²) in [7, 11) is -2.17. The average Bonchev–Trinajstić information content (AvgIpc) is 2.62. The van der Waals surface area contributed by atoms with Gasteiger partial charge >= 0.3 is 92.8 Å². The van der Waals surface area contributed by atoms with E-state index >= 15 is 0 Å². The molecule has 0 aliphatic heterocycles. The van der Waals surface area contributed by atoms with Gasteiger partial charge < -0.3 is 75.7 Å². The number of carbonyl (C=O) groups is 10. The Morgan fingerprint density at radius 3 is 0.417 bits per heavy atom. The minimum Gasteiger partial charge on any atom is -0.543 e. The van der Waals surface area contributed by atoms with Crippen LogP contribution in [0.1, 0.15) is 0 Å². The molecule has 0 rings (SSSR count). The van der Waals surface area contributed by atoms with Gasteiger partial charge in [0.1, 0.15) is 0 Å². The van der Waals surface area contributed by atoms with E-state index in [9.17, 15) is 0 Å². The first-order valence-corrected chi connectivity index (χ1v) is 6.26. The summed E-state index contributed by atoms with van der Waals surface area (Å²) in [6.07, 6.45) is 0. The molecule has 26 heteroatoms. The Kier molecular flexibility index (Phi) is 48.9. The maximum Gasteiger partial charge on any atom is 1.00 e. The van der Waals surface area contributed by atoms with Crippen LogP contribution in [-0.4, -0.2) is 123 Å². The van der Waals surface area contributed by atoms with Crippen molar-refractivity contribution >= 4 is 67.0 Å². The Balaban J connectivity index is -0.0000000433. The molecule has 194 valence electrons. The van der Waals surface area contributed by atoms with Gasteiger partial charge in [0, 0.05) is 0 Å². The Labute approximate surface area is 219 Å². The molecule has 0 aromatic carbocycles. The first-order valence-electron chi connectivity index (χ1n) is 6.26. The predicted octanol–water partition coefficient (Wildman–Crippen LogP) is -14.9. The van der Waals surface area contributed by atoms with Crippen molar-refractivity contribution < 1.29 is 152 Å². The Morgan fingerprint density at radius 1 is 0.361 bits per heavy atom. The molecular weight excluding hydrogens is 513 g/mol. The van der Waals surface area contributed by atoms with Crippen LogP contribution in [0.2, 0.25) is 0 Å². The molecule has 0 saturated carbocycles. The number of carbonyl (C=O) groups excluding carboxylic acids is 2. The molecule has 0 unspecified atom stereocenters. The third-order valence-electron chi connectivity index (χ3n) is 0.898. The van der Waals surface area contributed by atoms with Crippen molar-refractivity contribution in [3.63, 3.8) is 0 Å². The summed E-state index contributed by atoms with van der Waals surface area (Å²) in [5.41, 5.74) is 0. The summed E-state index contributed by atoms with van der Waals surface area (Å²) in [6.45, 7) is 0. The second-order valence-corrected chi connectivity index (χ2v) is 3.36. The number of hydrogen-bond acceptors (Lipinski definition) is 15. The third kappa shape index (κ3) is 98.9. The van der Waals surface area contributed by atoms with E-state index in [0.29, 0.717) is 0 Å². The minimum absolute atomic E-state index is 0. The zero-order chi connectivity index (χ0) is 29.4. The molecule has 0 fully saturated rings. The molecule has 0 saturated heterocycles. The summed E-state index contributed by atoms with van der Waals surface area (Å²) >= 11 is 0. The maximum atomic E-state index is 9.10. The summed E-state index contributed by atoms with van der Waals surface area (Å²) in [5.74, 6) is -19.0. The van der Waals surface area contributed by atoms with Gasteiger partial charge in [0.15, 0.2) is 0 Å². The van der Waals surface area contributed by atoms with E-state index in [0.717, 1.165) is 0 Å². The SMILES string of the molecule is O=C(O)C(=O)O.O=C(O)C(=O)O.O=C(O)C(=O)O.O=C(O)C(=O)O.O=C([O-])C(=O)[O-].OB(O)O.[Li+].[Li+]. The number of rotatable bonds is 0. The molecule has 0 aliphatic carbocycles. The van der Waals surface area contributed by atoms with Gasteiger partial charge in [0.2, 0.25) is 0 Å². The van der Waals surface area contributed by atoms with Gasteiger partial charge in [-0.3, -0.25) is 0 Å². The van der Waals surface area contributed by atoms with E-state index in [1.807, 2.05) is 0 Å². The second-order valence-electron chi connectivity index (χ2n) is 3.36. The molecular formula is C10H11BLi2O23. The molecule has 0 aromatic heterocycles. The molecule has 0 aliphatic rings. The smallest absolute Gasteiger partial charge is 0.543 e.